The summed E-state index contributed by atoms with van der Waals surface area (Å²) >= 11 is 0. The molecule has 4 heteroatoms. The molecule has 4 nitrogen and oxygen atoms in total. The Morgan fingerprint density at radius 2 is 0.918 bits per heavy atom. The molecule has 0 amide bonds. The van der Waals surface area contributed by atoms with E-state index in [4.69, 9.17) is 32.9 Å². The largest absolute Gasteiger partial charge is 0.212 e. The summed E-state index contributed by atoms with van der Waals surface area (Å²) in [6.07, 6.45) is 2.72. The molecule has 4 aromatic heterocycles. The summed E-state index contributed by atoms with van der Waals surface area (Å²) in [5.74, 6) is -4.42. The summed E-state index contributed by atoms with van der Waals surface area (Å²) in [5, 5.41) is 0. The van der Waals surface area contributed by atoms with Gasteiger partial charge in [0.25, 0.3) is 0 Å². The molecule has 0 aliphatic heterocycles. The molecule has 0 aliphatic rings. The quantitative estimate of drug-likeness (QED) is 0.128. The van der Waals surface area contributed by atoms with Crippen molar-refractivity contribution < 1.29 is 51.2 Å². The van der Waals surface area contributed by atoms with Crippen LogP contribution in [0.4, 0.5) is 0 Å². The van der Waals surface area contributed by atoms with E-state index in [9.17, 15) is 0 Å². The Hall–Kier alpha value is -6.52. The highest BCUT2D eigenvalue weighted by Crippen LogP contribution is 2.30. The second-order valence-electron chi connectivity index (χ2n) is 19.2. The van der Waals surface area contributed by atoms with Crippen LogP contribution >= 0.6 is 0 Å². The number of nitrogens with zero attached hydrogens (tertiary/aromatic N) is 4. The Kier molecular flexibility index (Phi) is 11.3. The molecule has 8 aromatic rings. The van der Waals surface area contributed by atoms with Gasteiger partial charge < -0.3 is 0 Å². The monoisotopic (exact) mass is 999 g/mol. The van der Waals surface area contributed by atoms with Gasteiger partial charge >= 0.3 is 0 Å². The lowest BCUT2D eigenvalue weighted by Gasteiger charge is -2.20. The minimum Gasteiger partial charge on any atom is -0.201 e. The number of rotatable bonds is 9. The number of hydrogen-bond donors (Lipinski definition) is 0. The third-order valence-corrected chi connectivity index (χ3v) is 12.1. The fraction of sp³-hybridized carbons (Fsp3) is 0.362. The van der Waals surface area contributed by atoms with E-state index in [0.29, 0.717) is 11.1 Å². The van der Waals surface area contributed by atoms with Gasteiger partial charge in [-0.2, -0.15) is 0 Å². The lowest BCUT2D eigenvalue weighted by molar-refractivity contribution is -0.660. The molecule has 0 saturated carbocycles. The van der Waals surface area contributed by atoms with E-state index in [2.05, 4.69) is 0 Å². The van der Waals surface area contributed by atoms with Gasteiger partial charge in [0.05, 0.1) is 0 Å². The van der Waals surface area contributed by atoms with Gasteiger partial charge in [0, 0.05) is 104 Å². The van der Waals surface area contributed by atoms with Crippen molar-refractivity contribution in [2.75, 3.05) is 0 Å². The van der Waals surface area contributed by atoms with Gasteiger partial charge in [0.1, 0.15) is 28.2 Å². The highest BCUT2D eigenvalue weighted by molar-refractivity contribution is 5.64. The lowest BCUT2D eigenvalue weighted by Crippen LogP contribution is -2.30. The SMILES string of the molecule is [2H]C([2H])([2H])C(C)(C)C([2H])([2H])c1ccc(-c2cccc[n+]2C)c(C)c1.[2H]C([2H])([2H])C(C)(c1ccc(-c2cccc[n+]2C)c(C)c1)C([2H])([2H])[2H].[2H]C([2H])([2H])C([2H])(C)C([2H])([2H])c1ccc(-c2cccc[n+]2C)c(C)c1.[2H]C([2H])([2H])CC([2H])(c1ccc(-c2cccc[n+]2C)c(C)c1)C([2H])([2H])[2H]. The maximum atomic E-state index is 8.45. The first-order chi connectivity index (χ1) is 44.0. The first-order valence-corrected chi connectivity index (χ1v) is 24.3. The van der Waals surface area contributed by atoms with Crippen molar-refractivity contribution in [1.29, 1.82) is 0 Å². The fourth-order valence-corrected chi connectivity index (χ4v) is 8.35. The zero-order valence-electron chi connectivity index (χ0n) is 68.7. The van der Waals surface area contributed by atoms with Crippen LogP contribution in [-0.4, -0.2) is 0 Å². The van der Waals surface area contributed by atoms with E-state index < -0.39 is 82.9 Å². The molecule has 0 fully saturated rings. The van der Waals surface area contributed by atoms with Crippen LogP contribution in [0.1, 0.15) is 159 Å². The molecule has 4 heterocycles. The molecule has 382 valence electrons. The molecule has 8 rings (SSSR count). The van der Waals surface area contributed by atoms with E-state index in [0.717, 1.165) is 74.2 Å². The van der Waals surface area contributed by atoms with Crippen LogP contribution in [0, 0.1) is 39.0 Å². The standard InChI is InChI=1S/C18H24N.3C17H22N/c1-14-12-15(13-18(2,3)4)9-10-16(14)17-8-6-7-11-19(17)5;1-13-12-14(17(2,3)4)9-10-15(13)16-8-6-7-11-18(16)5;1-13(2)11-15-8-9-16(14(3)12-15)17-7-5-6-10-18(17)4;1-5-13(2)15-9-10-16(14(3)12-15)17-8-6-7-11-18(17)4/h6-12H,13H2,1-5H3;6-12H,1-5H3;5-10,12-13H,11H2,1-4H3;6-13H,5H2,1-4H3/q4*+1/i2D3,13D2;2D3,3D3;1D3,11D2,13D;1D3,2D3,13D. The van der Waals surface area contributed by atoms with E-state index in [1.54, 1.807) is 66.7 Å². The minimum atomic E-state index is -2.74. The van der Waals surface area contributed by atoms with Gasteiger partial charge in [0.15, 0.2) is 24.8 Å². The molecule has 0 radical (unpaired) electrons. The predicted molar refractivity (Wildman–Crippen MR) is 310 cm³/mol. The van der Waals surface area contributed by atoms with Crippen molar-refractivity contribution in [3.63, 3.8) is 0 Å². The van der Waals surface area contributed by atoms with Gasteiger partial charge in [-0.1, -0.05) is 117 Å². The molecule has 0 bridgehead atoms. The molecular formula is C69H90N4+4. The fourth-order valence-electron chi connectivity index (χ4n) is 8.35. The highest BCUT2D eigenvalue weighted by atomic mass is 14.9. The Morgan fingerprint density at radius 3 is 1.30 bits per heavy atom. The summed E-state index contributed by atoms with van der Waals surface area (Å²) in [5.41, 5.74) is 8.81. The van der Waals surface area contributed by atoms with Crippen molar-refractivity contribution in [3.05, 3.63) is 215 Å². The van der Waals surface area contributed by atoms with Crippen LogP contribution in [0.25, 0.3) is 45.0 Å². The Morgan fingerprint density at radius 1 is 0.493 bits per heavy atom. The number of aromatic nitrogens is 4. The summed E-state index contributed by atoms with van der Waals surface area (Å²) < 4.78 is 195. The molecule has 0 N–H and O–H groups in total. The number of benzene rings is 4. The van der Waals surface area contributed by atoms with E-state index in [-0.39, 0.29) is 11.1 Å². The Balaban J connectivity index is 0.000000234. The lowest BCUT2D eigenvalue weighted by atomic mass is 9.85. The number of aryl methyl sites for hydroxylation is 8. The summed E-state index contributed by atoms with van der Waals surface area (Å²) in [6, 6.07) is 43.7. The first-order valence-electron chi connectivity index (χ1n) is 36.3. The molecule has 2 atom stereocenters. The third kappa shape index (κ3) is 16.5. The Bertz CT molecular complexity index is 3900. The average molecular weight is 1000 g/mol. The van der Waals surface area contributed by atoms with Crippen LogP contribution < -0.4 is 18.3 Å². The normalized spacial score (nSPS) is 19.2. The first kappa shape index (κ1) is 31.9. The zero-order valence-corrected chi connectivity index (χ0v) is 44.7. The minimum absolute atomic E-state index is 0.198. The van der Waals surface area contributed by atoms with Crippen LogP contribution in [-0.2, 0) is 46.4 Å². The van der Waals surface area contributed by atoms with Gasteiger partial charge in [-0.05, 0) is 163 Å². The van der Waals surface area contributed by atoms with Crippen molar-refractivity contribution in [1.82, 2.24) is 0 Å². The van der Waals surface area contributed by atoms with E-state index >= 15 is 0 Å². The number of pyridine rings is 4. The van der Waals surface area contributed by atoms with Crippen LogP contribution in [0.5, 0.6) is 0 Å². The van der Waals surface area contributed by atoms with Gasteiger partial charge in [-0.25, -0.2) is 18.3 Å². The van der Waals surface area contributed by atoms with Crippen molar-refractivity contribution >= 4 is 0 Å². The summed E-state index contributed by atoms with van der Waals surface area (Å²) in [4.78, 5) is 0. The van der Waals surface area contributed by atoms with E-state index in [1.165, 1.54) is 20.8 Å². The zero-order chi connectivity index (χ0) is 74.1. The molecule has 4 aromatic carbocycles. The van der Waals surface area contributed by atoms with Gasteiger partial charge in [-0.3, -0.25) is 0 Å². The van der Waals surface area contributed by atoms with Crippen LogP contribution in [0.15, 0.2) is 170 Å². The maximum Gasteiger partial charge on any atom is 0.212 e. The summed E-state index contributed by atoms with van der Waals surface area (Å²) in [6.45, 7) is -2.82. The number of hydrogen-bond acceptors (Lipinski definition) is 0. The second kappa shape index (κ2) is 25.9. The second-order valence-corrected chi connectivity index (χ2v) is 19.2. The molecule has 2 unspecified atom stereocenters. The third-order valence-electron chi connectivity index (χ3n) is 12.1. The van der Waals surface area contributed by atoms with Crippen molar-refractivity contribution in [3.8, 4) is 45.0 Å². The van der Waals surface area contributed by atoms with E-state index in [1.807, 2.05) is 178 Å². The molecular weight excluding hydrogens is 885 g/mol. The molecule has 0 aliphatic carbocycles. The topological polar surface area (TPSA) is 15.5 Å². The predicted octanol–water partition coefficient (Wildman–Crippen LogP) is 15.5. The smallest absolute Gasteiger partial charge is 0.201 e. The highest BCUT2D eigenvalue weighted by Gasteiger charge is 2.19. The maximum absolute atomic E-state index is 8.45. The van der Waals surface area contributed by atoms with Crippen LogP contribution in [0.2, 0.25) is 0 Å². The van der Waals surface area contributed by atoms with Gasteiger partial charge in [0.2, 0.25) is 22.8 Å². The van der Waals surface area contributed by atoms with Crippen molar-refractivity contribution in [2.24, 2.45) is 39.5 Å². The Labute approximate surface area is 476 Å². The molecule has 73 heavy (non-hydrogen) atoms. The summed E-state index contributed by atoms with van der Waals surface area (Å²) in [7, 11) is 7.73. The van der Waals surface area contributed by atoms with Gasteiger partial charge in [-0.15, -0.1) is 0 Å². The average Bonchev–Trinajstić information content (AvgIpc) is 0.763. The molecule has 0 saturated heterocycles. The van der Waals surface area contributed by atoms with Crippen molar-refractivity contribution in [2.45, 2.75) is 127 Å². The molecule has 0 spiro atoms. The van der Waals surface area contributed by atoms with Crippen LogP contribution in [0.3, 0.4) is 0 Å².